The van der Waals surface area contributed by atoms with Gasteiger partial charge in [-0.15, -0.1) is 0 Å². The maximum Gasteiger partial charge on any atom is 0.162 e. The molecule has 0 atom stereocenters. The summed E-state index contributed by atoms with van der Waals surface area (Å²) in [7, 11) is 0. The minimum absolute atomic E-state index is 0.124. The molecule has 2 aromatic rings. The fourth-order valence-corrected chi connectivity index (χ4v) is 2.88. The highest BCUT2D eigenvalue weighted by atomic mass is 19.2. The van der Waals surface area contributed by atoms with E-state index in [-0.39, 0.29) is 5.41 Å². The molecule has 0 aliphatic carbocycles. The number of benzene rings is 2. The summed E-state index contributed by atoms with van der Waals surface area (Å²) in [6, 6.07) is 12.7. The van der Waals surface area contributed by atoms with Gasteiger partial charge in [-0.1, -0.05) is 42.0 Å². The highest BCUT2D eigenvalue weighted by Gasteiger charge is 2.39. The van der Waals surface area contributed by atoms with Crippen molar-refractivity contribution in [2.24, 2.45) is 0 Å². The van der Waals surface area contributed by atoms with E-state index in [1.807, 2.05) is 19.1 Å². The van der Waals surface area contributed by atoms with Crippen LogP contribution in [-0.4, -0.2) is 13.1 Å². The molecule has 0 amide bonds. The van der Waals surface area contributed by atoms with Gasteiger partial charge in [0.25, 0.3) is 0 Å². The Kier molecular flexibility index (Phi) is 3.30. The van der Waals surface area contributed by atoms with E-state index >= 15 is 0 Å². The highest BCUT2D eigenvalue weighted by molar-refractivity contribution is 5.36. The lowest BCUT2D eigenvalue weighted by molar-refractivity contribution is 0.271. The van der Waals surface area contributed by atoms with Crippen LogP contribution in [0.1, 0.15) is 16.7 Å². The molecule has 0 unspecified atom stereocenters. The molecule has 3 heteroatoms. The Bertz CT molecular complexity index is 633. The summed E-state index contributed by atoms with van der Waals surface area (Å²) in [6.45, 7) is 3.64. The van der Waals surface area contributed by atoms with Crippen molar-refractivity contribution in [1.82, 2.24) is 5.32 Å². The van der Waals surface area contributed by atoms with Gasteiger partial charge in [-0.2, -0.15) is 0 Å². The molecule has 3 rings (SSSR count). The Morgan fingerprint density at radius 2 is 1.85 bits per heavy atom. The van der Waals surface area contributed by atoms with Crippen LogP contribution < -0.4 is 5.32 Å². The monoisotopic (exact) mass is 273 g/mol. The van der Waals surface area contributed by atoms with E-state index in [2.05, 4.69) is 17.4 Å². The number of aryl methyl sites for hydroxylation is 1. The van der Waals surface area contributed by atoms with Gasteiger partial charge in [-0.3, -0.25) is 0 Å². The molecule has 1 saturated heterocycles. The van der Waals surface area contributed by atoms with E-state index in [0.717, 1.165) is 19.2 Å². The smallest absolute Gasteiger partial charge is 0.162 e. The van der Waals surface area contributed by atoms with Crippen molar-refractivity contribution >= 4 is 0 Å². The Labute approximate surface area is 117 Å². The third kappa shape index (κ3) is 2.22. The summed E-state index contributed by atoms with van der Waals surface area (Å²) < 4.78 is 27.2. The minimum Gasteiger partial charge on any atom is -0.315 e. The maximum absolute atomic E-state index is 13.9. The summed E-state index contributed by atoms with van der Waals surface area (Å²) in [6.07, 6.45) is 0.521. The summed E-state index contributed by atoms with van der Waals surface area (Å²) in [5, 5.41) is 3.26. The van der Waals surface area contributed by atoms with Crippen molar-refractivity contribution in [3.8, 4) is 0 Å². The van der Waals surface area contributed by atoms with Crippen LogP contribution in [0.5, 0.6) is 0 Å². The Morgan fingerprint density at radius 3 is 2.50 bits per heavy atom. The van der Waals surface area contributed by atoms with Crippen LogP contribution in [0.15, 0.2) is 42.5 Å². The molecule has 1 heterocycles. The minimum atomic E-state index is -0.769. The molecular weight excluding hydrogens is 256 g/mol. The summed E-state index contributed by atoms with van der Waals surface area (Å²) in [4.78, 5) is 0. The quantitative estimate of drug-likeness (QED) is 0.904. The molecule has 0 saturated carbocycles. The van der Waals surface area contributed by atoms with Gasteiger partial charge in [0.1, 0.15) is 0 Å². The van der Waals surface area contributed by atoms with Crippen LogP contribution in [0.2, 0.25) is 0 Å². The van der Waals surface area contributed by atoms with E-state index in [1.165, 1.54) is 11.1 Å². The number of hydrogen-bond donors (Lipinski definition) is 1. The fraction of sp³-hybridized carbons (Fsp3) is 0.294. The van der Waals surface area contributed by atoms with Gasteiger partial charge in [0.2, 0.25) is 0 Å². The van der Waals surface area contributed by atoms with E-state index in [4.69, 9.17) is 0 Å². The van der Waals surface area contributed by atoms with Gasteiger partial charge < -0.3 is 5.32 Å². The molecular formula is C17H17F2N. The maximum atomic E-state index is 13.9. The van der Waals surface area contributed by atoms with Crippen LogP contribution in [0.3, 0.4) is 0 Å². The van der Waals surface area contributed by atoms with Gasteiger partial charge in [-0.25, -0.2) is 8.78 Å². The second-order valence-electron chi connectivity index (χ2n) is 5.64. The topological polar surface area (TPSA) is 12.0 Å². The zero-order chi connectivity index (χ0) is 14.2. The molecule has 0 radical (unpaired) electrons. The Balaban J connectivity index is 1.96. The second kappa shape index (κ2) is 4.98. The Hall–Kier alpha value is -1.74. The van der Waals surface area contributed by atoms with Gasteiger partial charge in [-0.05, 0) is 30.5 Å². The molecule has 1 N–H and O–H groups in total. The molecule has 0 aromatic heterocycles. The molecule has 0 spiro atoms. The first-order valence-electron chi connectivity index (χ1n) is 6.81. The van der Waals surface area contributed by atoms with Crippen LogP contribution in [0.4, 0.5) is 8.78 Å². The fourth-order valence-electron chi connectivity index (χ4n) is 2.88. The van der Waals surface area contributed by atoms with E-state index < -0.39 is 11.6 Å². The van der Waals surface area contributed by atoms with Crippen LogP contribution in [-0.2, 0) is 11.8 Å². The average molecular weight is 273 g/mol. The van der Waals surface area contributed by atoms with E-state index in [1.54, 1.807) is 12.1 Å². The van der Waals surface area contributed by atoms with Gasteiger partial charge in [0, 0.05) is 18.5 Å². The lowest BCUT2D eigenvalue weighted by Gasteiger charge is -2.43. The zero-order valence-electron chi connectivity index (χ0n) is 11.4. The zero-order valence-corrected chi connectivity index (χ0v) is 11.4. The number of nitrogens with one attached hydrogen (secondary N) is 1. The van der Waals surface area contributed by atoms with Gasteiger partial charge >= 0.3 is 0 Å². The molecule has 1 aliphatic heterocycles. The van der Waals surface area contributed by atoms with Crippen molar-refractivity contribution < 1.29 is 8.78 Å². The summed E-state index contributed by atoms with van der Waals surface area (Å²) in [5.74, 6) is -1.49. The number of rotatable bonds is 3. The normalized spacial score (nSPS) is 16.8. The third-order valence-corrected chi connectivity index (χ3v) is 4.12. The molecule has 1 aliphatic rings. The van der Waals surface area contributed by atoms with Crippen molar-refractivity contribution in [2.75, 3.05) is 13.1 Å². The van der Waals surface area contributed by atoms with Gasteiger partial charge in [0.15, 0.2) is 11.6 Å². The first-order chi connectivity index (χ1) is 9.61. The van der Waals surface area contributed by atoms with Crippen LogP contribution in [0, 0.1) is 18.6 Å². The lowest BCUT2D eigenvalue weighted by atomic mass is 9.70. The Morgan fingerprint density at radius 1 is 1.10 bits per heavy atom. The summed E-state index contributed by atoms with van der Waals surface area (Å²) >= 11 is 0. The highest BCUT2D eigenvalue weighted by Crippen LogP contribution is 2.34. The summed E-state index contributed by atoms with van der Waals surface area (Å²) in [5.41, 5.74) is 2.71. The largest absolute Gasteiger partial charge is 0.315 e. The predicted octanol–water partition coefficient (Wildman–Crippen LogP) is 3.36. The SMILES string of the molecule is Cc1cccc(C2(Cc3cccc(F)c3F)CNC2)c1. The van der Waals surface area contributed by atoms with E-state index in [0.29, 0.717) is 12.0 Å². The van der Waals surface area contributed by atoms with Crippen LogP contribution in [0.25, 0.3) is 0 Å². The van der Waals surface area contributed by atoms with Crippen LogP contribution >= 0.6 is 0 Å². The van der Waals surface area contributed by atoms with Gasteiger partial charge in [0.05, 0.1) is 0 Å². The lowest BCUT2D eigenvalue weighted by Crippen LogP contribution is -2.58. The number of halogens is 2. The second-order valence-corrected chi connectivity index (χ2v) is 5.64. The molecule has 1 nitrogen and oxygen atoms in total. The first-order valence-corrected chi connectivity index (χ1v) is 6.81. The molecule has 20 heavy (non-hydrogen) atoms. The number of hydrogen-bond acceptors (Lipinski definition) is 1. The van der Waals surface area contributed by atoms with Crippen molar-refractivity contribution in [3.63, 3.8) is 0 Å². The molecule has 104 valence electrons. The first kappa shape index (κ1) is 13.3. The molecule has 2 aromatic carbocycles. The predicted molar refractivity (Wildman–Crippen MR) is 75.8 cm³/mol. The standard InChI is InChI=1S/C17H17F2N/c1-12-4-2-6-14(8-12)17(10-20-11-17)9-13-5-3-7-15(18)16(13)19/h2-8,20H,9-11H2,1H3. The van der Waals surface area contributed by atoms with Crippen molar-refractivity contribution in [2.45, 2.75) is 18.8 Å². The van der Waals surface area contributed by atoms with Crippen molar-refractivity contribution in [3.05, 3.63) is 70.8 Å². The molecule has 1 fully saturated rings. The molecule has 0 bridgehead atoms. The third-order valence-electron chi connectivity index (χ3n) is 4.12. The average Bonchev–Trinajstić information content (AvgIpc) is 2.38. The van der Waals surface area contributed by atoms with Crippen molar-refractivity contribution in [1.29, 1.82) is 0 Å². The van der Waals surface area contributed by atoms with E-state index in [9.17, 15) is 8.78 Å².